The average molecular weight is 259 g/mol. The minimum Gasteiger partial charge on any atom is -0.392 e. The maximum atomic E-state index is 12.1. The summed E-state index contributed by atoms with van der Waals surface area (Å²) in [7, 11) is 0. The predicted octanol–water partition coefficient (Wildman–Crippen LogP) is 2.94. The van der Waals surface area contributed by atoms with Crippen LogP contribution in [0.4, 0.5) is 5.69 Å². The van der Waals surface area contributed by atoms with Gasteiger partial charge in [-0.3, -0.25) is 4.79 Å². The Labute approximate surface area is 114 Å². The number of amides is 1. The molecular formula is C16H21NO2. The number of nitrogens with one attached hydrogen (secondary N) is 1. The molecule has 2 saturated carbocycles. The van der Waals surface area contributed by atoms with E-state index in [4.69, 9.17) is 5.11 Å². The van der Waals surface area contributed by atoms with E-state index in [0.29, 0.717) is 12.3 Å². The molecule has 1 aromatic rings. The van der Waals surface area contributed by atoms with Gasteiger partial charge in [-0.15, -0.1) is 0 Å². The molecule has 0 radical (unpaired) electrons. The molecule has 2 aliphatic rings. The van der Waals surface area contributed by atoms with E-state index in [9.17, 15) is 4.79 Å². The molecular weight excluding hydrogens is 238 g/mol. The number of fused-ring (bicyclic) bond motifs is 2. The number of carbonyl (C=O) groups excluding carboxylic acids is 1. The summed E-state index contributed by atoms with van der Waals surface area (Å²) >= 11 is 0. The third-order valence-corrected chi connectivity index (χ3v) is 4.73. The van der Waals surface area contributed by atoms with Gasteiger partial charge in [0.2, 0.25) is 5.91 Å². The number of hydrogen-bond acceptors (Lipinski definition) is 2. The Hall–Kier alpha value is -1.35. The summed E-state index contributed by atoms with van der Waals surface area (Å²) in [6.45, 7) is 0.0100. The van der Waals surface area contributed by atoms with Crippen molar-refractivity contribution in [3.63, 3.8) is 0 Å². The van der Waals surface area contributed by atoms with Crippen LogP contribution < -0.4 is 5.32 Å². The third kappa shape index (κ3) is 2.81. The first kappa shape index (κ1) is 12.7. The van der Waals surface area contributed by atoms with E-state index in [1.54, 1.807) is 0 Å². The molecule has 1 amide bonds. The Morgan fingerprint density at radius 3 is 2.89 bits per heavy atom. The van der Waals surface area contributed by atoms with Gasteiger partial charge in [0.25, 0.3) is 0 Å². The average Bonchev–Trinajstić information content (AvgIpc) is 3.01. The van der Waals surface area contributed by atoms with Crippen molar-refractivity contribution in [3.8, 4) is 0 Å². The zero-order valence-corrected chi connectivity index (χ0v) is 11.1. The maximum absolute atomic E-state index is 12.1. The second-order valence-corrected chi connectivity index (χ2v) is 6.05. The lowest BCUT2D eigenvalue weighted by molar-refractivity contribution is -0.117. The lowest BCUT2D eigenvalue weighted by Gasteiger charge is -2.20. The van der Waals surface area contributed by atoms with Crippen molar-refractivity contribution < 1.29 is 9.90 Å². The molecule has 3 atom stereocenters. The first-order valence-corrected chi connectivity index (χ1v) is 7.24. The molecule has 0 aliphatic heterocycles. The summed E-state index contributed by atoms with van der Waals surface area (Å²) in [5, 5.41) is 12.0. The van der Waals surface area contributed by atoms with Crippen LogP contribution in [0.2, 0.25) is 0 Å². The van der Waals surface area contributed by atoms with E-state index in [-0.39, 0.29) is 12.5 Å². The topological polar surface area (TPSA) is 49.3 Å². The Balaban J connectivity index is 1.56. The molecule has 0 unspecified atom stereocenters. The predicted molar refractivity (Wildman–Crippen MR) is 74.5 cm³/mol. The normalized spacial score (nSPS) is 28.6. The molecule has 0 spiro atoms. The quantitative estimate of drug-likeness (QED) is 0.873. The highest BCUT2D eigenvalue weighted by atomic mass is 16.3. The summed E-state index contributed by atoms with van der Waals surface area (Å²) in [5.41, 5.74) is 1.62. The molecule has 0 saturated heterocycles. The standard InChI is InChI=1S/C16H21NO2/c18-10-12-2-1-3-15(8-12)17-16(19)9-14-7-11-4-5-13(14)6-11/h1-3,8,11,13-14,18H,4-7,9-10H2,(H,17,19)/t11-,13-,14+/m1/s1. The summed E-state index contributed by atoms with van der Waals surface area (Å²) in [6, 6.07) is 7.42. The summed E-state index contributed by atoms with van der Waals surface area (Å²) in [6.07, 6.45) is 5.95. The van der Waals surface area contributed by atoms with E-state index < -0.39 is 0 Å². The van der Waals surface area contributed by atoms with Gasteiger partial charge in [-0.2, -0.15) is 0 Å². The van der Waals surface area contributed by atoms with Gasteiger partial charge in [0.15, 0.2) is 0 Å². The monoisotopic (exact) mass is 259 g/mol. The number of carbonyl (C=O) groups is 1. The molecule has 0 aromatic heterocycles. The van der Waals surface area contributed by atoms with Gasteiger partial charge in [0.1, 0.15) is 0 Å². The van der Waals surface area contributed by atoms with Crippen molar-refractivity contribution >= 4 is 11.6 Å². The van der Waals surface area contributed by atoms with Gasteiger partial charge in [0, 0.05) is 12.1 Å². The Kier molecular flexibility index (Phi) is 3.56. The number of benzene rings is 1. The summed E-state index contributed by atoms with van der Waals surface area (Å²) in [4.78, 5) is 12.1. The fourth-order valence-electron chi connectivity index (χ4n) is 3.82. The SMILES string of the molecule is O=C(C[C@@H]1C[C@@H]2CC[C@@H]1C2)Nc1cccc(CO)c1. The zero-order chi connectivity index (χ0) is 13.2. The third-order valence-electron chi connectivity index (χ3n) is 4.73. The highest BCUT2D eigenvalue weighted by Crippen LogP contribution is 2.49. The van der Waals surface area contributed by atoms with Gasteiger partial charge in [0.05, 0.1) is 6.61 Å². The highest BCUT2D eigenvalue weighted by molar-refractivity contribution is 5.90. The van der Waals surface area contributed by atoms with Crippen molar-refractivity contribution in [1.82, 2.24) is 0 Å². The van der Waals surface area contributed by atoms with Gasteiger partial charge < -0.3 is 10.4 Å². The van der Waals surface area contributed by atoms with Crippen molar-refractivity contribution in [2.24, 2.45) is 17.8 Å². The second-order valence-electron chi connectivity index (χ2n) is 6.05. The van der Waals surface area contributed by atoms with Crippen LogP contribution in [-0.2, 0) is 11.4 Å². The van der Waals surface area contributed by atoms with E-state index in [1.807, 2.05) is 24.3 Å². The second kappa shape index (κ2) is 5.33. The Bertz CT molecular complexity index is 472. The molecule has 3 rings (SSSR count). The van der Waals surface area contributed by atoms with Gasteiger partial charge in [-0.05, 0) is 54.7 Å². The molecule has 3 nitrogen and oxygen atoms in total. The fraction of sp³-hybridized carbons (Fsp3) is 0.562. The van der Waals surface area contributed by atoms with Crippen molar-refractivity contribution in [2.45, 2.75) is 38.7 Å². The van der Waals surface area contributed by atoms with Crippen LogP contribution in [0.1, 0.15) is 37.7 Å². The molecule has 19 heavy (non-hydrogen) atoms. The summed E-state index contributed by atoms with van der Waals surface area (Å²) < 4.78 is 0. The van der Waals surface area contributed by atoms with E-state index in [0.717, 1.165) is 23.1 Å². The number of rotatable bonds is 4. The molecule has 2 fully saturated rings. The van der Waals surface area contributed by atoms with Crippen LogP contribution in [-0.4, -0.2) is 11.0 Å². The fourth-order valence-corrected chi connectivity index (χ4v) is 3.82. The first-order valence-electron chi connectivity index (χ1n) is 7.24. The van der Waals surface area contributed by atoms with Crippen LogP contribution in [0.3, 0.4) is 0 Å². The van der Waals surface area contributed by atoms with E-state index >= 15 is 0 Å². The van der Waals surface area contributed by atoms with E-state index in [2.05, 4.69) is 5.32 Å². The maximum Gasteiger partial charge on any atom is 0.224 e. The molecule has 2 aliphatic carbocycles. The molecule has 0 heterocycles. The molecule has 1 aromatic carbocycles. The highest BCUT2D eigenvalue weighted by Gasteiger charge is 2.40. The number of anilines is 1. The lowest BCUT2D eigenvalue weighted by atomic mass is 9.86. The zero-order valence-electron chi connectivity index (χ0n) is 11.1. The minimum atomic E-state index is 0.0100. The largest absolute Gasteiger partial charge is 0.392 e. The molecule has 102 valence electrons. The Morgan fingerprint density at radius 1 is 1.32 bits per heavy atom. The van der Waals surface area contributed by atoms with Gasteiger partial charge >= 0.3 is 0 Å². The smallest absolute Gasteiger partial charge is 0.224 e. The lowest BCUT2D eigenvalue weighted by Crippen LogP contribution is -2.20. The van der Waals surface area contributed by atoms with Crippen LogP contribution in [0.25, 0.3) is 0 Å². The van der Waals surface area contributed by atoms with Crippen molar-refractivity contribution in [1.29, 1.82) is 0 Å². The number of hydrogen-bond donors (Lipinski definition) is 2. The van der Waals surface area contributed by atoms with Crippen LogP contribution in [0, 0.1) is 17.8 Å². The first-order chi connectivity index (χ1) is 9.24. The molecule has 3 heteroatoms. The van der Waals surface area contributed by atoms with Crippen molar-refractivity contribution in [3.05, 3.63) is 29.8 Å². The molecule has 2 N–H and O–H groups in total. The van der Waals surface area contributed by atoms with E-state index in [1.165, 1.54) is 25.7 Å². The minimum absolute atomic E-state index is 0.0100. The Morgan fingerprint density at radius 2 is 2.21 bits per heavy atom. The number of aliphatic hydroxyl groups is 1. The van der Waals surface area contributed by atoms with Gasteiger partial charge in [-0.1, -0.05) is 18.6 Å². The number of aliphatic hydroxyl groups excluding tert-OH is 1. The molecule has 2 bridgehead atoms. The van der Waals surface area contributed by atoms with Crippen LogP contribution in [0.15, 0.2) is 24.3 Å². The van der Waals surface area contributed by atoms with Crippen LogP contribution in [0.5, 0.6) is 0 Å². The van der Waals surface area contributed by atoms with Crippen molar-refractivity contribution in [2.75, 3.05) is 5.32 Å². The van der Waals surface area contributed by atoms with Gasteiger partial charge in [-0.25, -0.2) is 0 Å². The summed E-state index contributed by atoms with van der Waals surface area (Å²) in [5.74, 6) is 2.40. The van der Waals surface area contributed by atoms with Crippen LogP contribution >= 0.6 is 0 Å².